The highest BCUT2D eigenvalue weighted by Gasteiger charge is 2.45. The molecule has 4 N–H and O–H groups in total. The van der Waals surface area contributed by atoms with Crippen LogP contribution in [0.15, 0.2) is 69.8 Å². The number of carbonyl (C=O) groups excluding carboxylic acids is 6. The van der Waals surface area contributed by atoms with E-state index in [1.807, 2.05) is 112 Å². The van der Waals surface area contributed by atoms with Gasteiger partial charge in [0.1, 0.15) is 24.2 Å². The van der Waals surface area contributed by atoms with E-state index >= 15 is 0 Å². The van der Waals surface area contributed by atoms with Crippen LogP contribution < -0.4 is 21.3 Å². The molecule has 22 heteroatoms. The number of halogens is 2. The molecule has 20 nitrogen and oxygen atoms in total. The maximum atomic E-state index is 14.3. The molecule has 0 aliphatic carbocycles. The van der Waals surface area contributed by atoms with E-state index in [1.54, 1.807) is 37.7 Å². The molecule has 0 spiro atoms. The maximum absolute atomic E-state index is 14.3. The Bertz CT molecular complexity index is 3240. The zero-order valence-corrected chi connectivity index (χ0v) is 50.1. The van der Waals surface area contributed by atoms with Gasteiger partial charge in [0.25, 0.3) is 0 Å². The normalized spacial score (nSPS) is 16.6. The van der Waals surface area contributed by atoms with Crippen LogP contribution in [0.3, 0.4) is 0 Å². The summed E-state index contributed by atoms with van der Waals surface area (Å²) in [5, 5.41) is 13.3. The van der Waals surface area contributed by atoms with E-state index in [2.05, 4.69) is 44.9 Å². The Morgan fingerprint density at radius 3 is 1.33 bits per heavy atom. The first-order valence-electron chi connectivity index (χ1n) is 27.0. The van der Waals surface area contributed by atoms with E-state index < -0.39 is 59.0 Å². The zero-order valence-electron chi connectivity index (χ0n) is 48.5. The third-order valence-corrected chi connectivity index (χ3v) is 14.9. The number of para-hydroxylation sites is 2. The van der Waals surface area contributed by atoms with Crippen LogP contribution in [-0.4, -0.2) is 130 Å². The molecule has 2 aliphatic rings. The molecule has 8 rings (SSSR count). The topological polar surface area (TPSA) is 237 Å². The smallest absolute Gasteiger partial charge is 0.360 e. The molecule has 0 unspecified atom stereocenters. The molecule has 0 radical (unpaired) electrons. The molecule has 2 fully saturated rings. The number of nitrogens with zero attached hydrogens (tertiary/aromatic N) is 6. The maximum Gasteiger partial charge on any atom is 0.360 e. The molecule has 0 bridgehead atoms. The van der Waals surface area contributed by atoms with E-state index in [4.69, 9.17) is 28.3 Å². The number of likely N-dealkylation sites (N-methyl/N-ethyl adjacent to an activating group) is 2. The molecular formula is C60H74Cl2N10O10. The number of hydrogen-bond donors (Lipinski definition) is 4. The molecule has 2 aromatic carbocycles. The van der Waals surface area contributed by atoms with Crippen molar-refractivity contribution in [3.63, 3.8) is 0 Å². The lowest BCUT2D eigenvalue weighted by Gasteiger charge is -2.35. The Kier molecular flexibility index (Phi) is 20.6. The highest BCUT2D eigenvalue weighted by atomic mass is 35.5. The number of benzene rings is 2. The quantitative estimate of drug-likeness (QED) is 0.0539. The van der Waals surface area contributed by atoms with Gasteiger partial charge in [0.2, 0.25) is 35.4 Å². The predicted octanol–water partition coefficient (Wildman–Crippen LogP) is 7.63. The van der Waals surface area contributed by atoms with Crippen molar-refractivity contribution < 1.29 is 47.1 Å². The lowest BCUT2D eigenvalue weighted by molar-refractivity contribution is -0.141. The van der Waals surface area contributed by atoms with Crippen molar-refractivity contribution in [2.75, 3.05) is 41.4 Å². The second-order valence-corrected chi connectivity index (χ2v) is 22.4. The SMILES string of the molecule is CN[C@@H](C)C(=O)N[C@H](C(=O)N1CCC[C@H]1c1nc(C(=O)OC)c(-c2cn(CC#CC#CCn3cc(-c4oc([C@@H]5CCCN5C(=O)[C@@H](NC(=O)[C@H](C)NC)C(C)(C)C)nc4C(=O)OC)c4ccccc43)c3ccccc23)o1)C(C)(C)C.Cl.Cl. The van der Waals surface area contributed by atoms with Gasteiger partial charge in [-0.25, -0.2) is 19.6 Å². The fraction of sp³-hybridized carbons (Fsp3) is 0.467. The fourth-order valence-corrected chi connectivity index (χ4v) is 10.2. The van der Waals surface area contributed by atoms with Crippen LogP contribution in [0.2, 0.25) is 0 Å². The summed E-state index contributed by atoms with van der Waals surface area (Å²) in [6.45, 7) is 16.1. The summed E-state index contributed by atoms with van der Waals surface area (Å²) in [6.07, 6.45) is 6.08. The van der Waals surface area contributed by atoms with Crippen LogP contribution >= 0.6 is 24.8 Å². The van der Waals surface area contributed by atoms with E-state index in [9.17, 15) is 28.8 Å². The molecule has 4 aromatic heterocycles. The monoisotopic (exact) mass is 1160 g/mol. The van der Waals surface area contributed by atoms with Gasteiger partial charge in [0, 0.05) is 58.4 Å². The third kappa shape index (κ3) is 13.2. The summed E-state index contributed by atoms with van der Waals surface area (Å²) < 4.78 is 27.3. The number of hydrogen-bond acceptors (Lipinski definition) is 14. The molecule has 82 heavy (non-hydrogen) atoms. The van der Waals surface area contributed by atoms with Gasteiger partial charge < -0.3 is 58.5 Å². The lowest BCUT2D eigenvalue weighted by Crippen LogP contribution is -2.57. The van der Waals surface area contributed by atoms with Gasteiger partial charge in [-0.05, 0) is 88.4 Å². The second-order valence-electron chi connectivity index (χ2n) is 22.4. The van der Waals surface area contributed by atoms with Gasteiger partial charge in [-0.3, -0.25) is 19.2 Å². The molecular weight excluding hydrogens is 1090 g/mol. The summed E-state index contributed by atoms with van der Waals surface area (Å²) >= 11 is 0. The molecule has 6 heterocycles. The molecule has 0 saturated carbocycles. The minimum absolute atomic E-state index is 0. The van der Waals surface area contributed by atoms with Crippen molar-refractivity contribution >= 4 is 82.2 Å². The average molecular weight is 1170 g/mol. The standard InChI is InChI=1S/C60H72N10O10.2ClH/c1-35(61-9)51(71)65-49(59(3,4)5)55(73)69-31-21-27-43(69)53-63-45(57(75)77-11)47(79-53)39-33-67(41-25-17-15-23-37(39)41)29-19-13-14-20-30-68-34-40(38-24-16-18-26-42(38)68)48-46(58(76)78-12)64-54(80-48)44-28-22-32-70(44)56(74)50(60(6,7)8)66-52(72)36(2)62-10;;/h15-18,23-26,33-36,43-44,49-50,61-62H,21-22,27-32H2,1-12H3,(H,65,71)(H,66,72);2*1H/t35-,36-,43-,44-,49+,50+;;/m0../s1. The molecule has 438 valence electrons. The number of aromatic nitrogens is 4. The van der Waals surface area contributed by atoms with Gasteiger partial charge in [-0.1, -0.05) is 89.8 Å². The van der Waals surface area contributed by atoms with Gasteiger partial charge in [-0.2, -0.15) is 0 Å². The van der Waals surface area contributed by atoms with Crippen LogP contribution in [0.4, 0.5) is 0 Å². The lowest BCUT2D eigenvalue weighted by atomic mass is 9.85. The van der Waals surface area contributed by atoms with E-state index in [-0.39, 0.29) is 96.2 Å². The summed E-state index contributed by atoms with van der Waals surface area (Å²) in [5.74, 6) is 10.5. The fourth-order valence-electron chi connectivity index (χ4n) is 10.2. The number of nitrogens with one attached hydrogen (secondary N) is 4. The highest BCUT2D eigenvalue weighted by Crippen LogP contribution is 2.42. The average Bonchev–Trinajstić information content (AvgIpc) is 4.53. The first kappa shape index (κ1) is 63.6. The largest absolute Gasteiger partial charge is 0.464 e. The zero-order chi connectivity index (χ0) is 57.8. The summed E-state index contributed by atoms with van der Waals surface area (Å²) in [5.41, 5.74) is 1.49. The first-order valence-corrected chi connectivity index (χ1v) is 27.0. The Labute approximate surface area is 490 Å². The van der Waals surface area contributed by atoms with E-state index in [0.29, 0.717) is 49.9 Å². The molecule has 2 saturated heterocycles. The third-order valence-electron chi connectivity index (χ3n) is 14.9. The van der Waals surface area contributed by atoms with Gasteiger partial charge in [-0.15, -0.1) is 24.8 Å². The molecule has 6 atom stereocenters. The number of likely N-dealkylation sites (tertiary alicyclic amines) is 2. The number of carbonyl (C=O) groups is 6. The number of esters is 2. The van der Waals surface area contributed by atoms with Crippen LogP contribution in [-0.2, 0) is 41.7 Å². The van der Waals surface area contributed by atoms with E-state index in [0.717, 1.165) is 21.8 Å². The van der Waals surface area contributed by atoms with Crippen LogP contribution in [0.5, 0.6) is 0 Å². The highest BCUT2D eigenvalue weighted by molar-refractivity contribution is 6.03. The molecule has 2 aliphatic heterocycles. The summed E-state index contributed by atoms with van der Waals surface area (Å²) in [4.78, 5) is 94.3. The second kappa shape index (κ2) is 26.5. The van der Waals surface area contributed by atoms with Gasteiger partial charge >= 0.3 is 11.9 Å². The number of fused-ring (bicyclic) bond motifs is 2. The van der Waals surface area contributed by atoms with Crippen molar-refractivity contribution in [1.29, 1.82) is 0 Å². The van der Waals surface area contributed by atoms with Crippen molar-refractivity contribution in [2.45, 2.75) is 130 Å². The van der Waals surface area contributed by atoms with Crippen molar-refractivity contribution in [1.82, 2.24) is 50.2 Å². The molecule has 4 amide bonds. The van der Waals surface area contributed by atoms with Crippen LogP contribution in [0.25, 0.3) is 44.5 Å². The number of rotatable bonds is 16. The van der Waals surface area contributed by atoms with Crippen molar-refractivity contribution in [3.05, 3.63) is 84.1 Å². The van der Waals surface area contributed by atoms with Crippen LogP contribution in [0, 0.1) is 34.5 Å². The Morgan fingerprint density at radius 1 is 0.622 bits per heavy atom. The first-order chi connectivity index (χ1) is 38.1. The van der Waals surface area contributed by atoms with Crippen molar-refractivity contribution in [2.24, 2.45) is 10.8 Å². The molecule has 6 aromatic rings. The summed E-state index contributed by atoms with van der Waals surface area (Å²) in [6, 6.07) is 11.4. The minimum atomic E-state index is -0.840. The Morgan fingerprint density at radius 2 is 0.988 bits per heavy atom. The number of oxazole rings is 2. The van der Waals surface area contributed by atoms with Gasteiger partial charge in [0.05, 0.1) is 39.4 Å². The van der Waals surface area contributed by atoms with E-state index in [1.165, 1.54) is 14.2 Å². The predicted molar refractivity (Wildman–Crippen MR) is 315 cm³/mol. The Hall–Kier alpha value is -7.62. The summed E-state index contributed by atoms with van der Waals surface area (Å²) in [7, 11) is 5.91. The number of ether oxygens (including phenoxy) is 2. The van der Waals surface area contributed by atoms with Crippen LogP contribution in [0.1, 0.15) is 126 Å². The number of methoxy groups -OCH3 is 2. The Balaban J connectivity index is 0.00000541. The van der Waals surface area contributed by atoms with Gasteiger partial charge in [0.15, 0.2) is 22.9 Å². The minimum Gasteiger partial charge on any atom is -0.464 e. The number of amides is 4. The van der Waals surface area contributed by atoms with Crippen molar-refractivity contribution in [3.8, 4) is 46.3 Å².